The summed E-state index contributed by atoms with van der Waals surface area (Å²) in [6.45, 7) is 6.84. The quantitative estimate of drug-likeness (QED) is 0.157. The second-order valence-corrected chi connectivity index (χ2v) is 12.9. The Hall–Kier alpha value is -4.66. The Balaban J connectivity index is 2.17. The van der Waals surface area contributed by atoms with E-state index < -0.39 is 65.8 Å². The maximum Gasteiger partial charge on any atom is 0.405 e. The molecule has 1 aromatic carbocycles. The van der Waals surface area contributed by atoms with E-state index >= 15 is 0 Å². The van der Waals surface area contributed by atoms with Crippen molar-refractivity contribution in [2.75, 3.05) is 19.5 Å². The zero-order valence-corrected chi connectivity index (χ0v) is 31.0. The van der Waals surface area contributed by atoms with E-state index in [9.17, 15) is 28.8 Å². The first kappa shape index (κ1) is 40.8. The molecule has 3 rings (SSSR count). The van der Waals surface area contributed by atoms with Gasteiger partial charge in [-0.05, 0) is 50.3 Å². The number of nitrogens with two attached hydrogens (primary N) is 1. The van der Waals surface area contributed by atoms with Gasteiger partial charge in [-0.2, -0.15) is 0 Å². The molecule has 1 aliphatic carbocycles. The molecule has 14 heteroatoms. The lowest BCUT2D eigenvalue weighted by Crippen LogP contribution is -2.40. The van der Waals surface area contributed by atoms with Gasteiger partial charge in [0.1, 0.15) is 17.5 Å². The van der Waals surface area contributed by atoms with Crippen LogP contribution in [0.2, 0.25) is 0 Å². The number of ketones is 2. The number of allylic oxidation sites excluding steroid dienone is 4. The number of methoxy groups -OCH3 is 2. The van der Waals surface area contributed by atoms with Crippen molar-refractivity contribution in [2.45, 2.75) is 65.0 Å². The summed E-state index contributed by atoms with van der Waals surface area (Å²) >= 11 is 3.14. The summed E-state index contributed by atoms with van der Waals surface area (Å²) in [5, 5.41) is 5.06. The van der Waals surface area contributed by atoms with Crippen molar-refractivity contribution >= 4 is 51.4 Å². The Morgan fingerprint density at radius 3 is 2.31 bits per heavy atom. The molecule has 1 heterocycles. The number of ether oxygens (including phenoxy) is 4. The third-order valence-corrected chi connectivity index (χ3v) is 8.87. The van der Waals surface area contributed by atoms with Gasteiger partial charge >= 0.3 is 12.1 Å². The van der Waals surface area contributed by atoms with Crippen LogP contribution in [-0.4, -0.2) is 79.4 Å². The molecular weight excluding hydrogens is 726 g/mol. The molecule has 0 spiro atoms. The number of hydrogen-bond donors (Lipinski definition) is 3. The van der Waals surface area contributed by atoms with E-state index in [1.54, 1.807) is 56.3 Å². The van der Waals surface area contributed by atoms with Crippen molar-refractivity contribution in [1.82, 2.24) is 10.6 Å². The molecule has 1 aliphatic heterocycles. The van der Waals surface area contributed by atoms with Crippen molar-refractivity contribution in [3.05, 3.63) is 94.4 Å². The lowest BCUT2D eigenvalue weighted by atomic mass is 9.85. The molecule has 0 fully saturated rings. The summed E-state index contributed by atoms with van der Waals surface area (Å²) < 4.78 is 22.8. The third-order valence-electron chi connectivity index (χ3n) is 8.41. The van der Waals surface area contributed by atoms with E-state index in [1.165, 1.54) is 33.3 Å². The normalized spacial score (nSPS) is 27.9. The van der Waals surface area contributed by atoms with Gasteiger partial charge in [-0.1, -0.05) is 72.3 Å². The van der Waals surface area contributed by atoms with Gasteiger partial charge in [-0.3, -0.25) is 24.0 Å². The number of esters is 1. The first-order valence-corrected chi connectivity index (χ1v) is 17.3. The van der Waals surface area contributed by atoms with Gasteiger partial charge in [-0.15, -0.1) is 0 Å². The highest BCUT2D eigenvalue weighted by molar-refractivity contribution is 9.09. The number of halogens is 1. The highest BCUT2D eigenvalue weighted by Gasteiger charge is 2.36. The number of nitrogens with one attached hydrogen (secondary N) is 2. The van der Waals surface area contributed by atoms with Crippen LogP contribution < -0.4 is 16.4 Å². The zero-order chi connectivity index (χ0) is 37.8. The number of benzene rings is 1. The van der Waals surface area contributed by atoms with E-state index in [0.29, 0.717) is 5.57 Å². The molecule has 274 valence electrons. The van der Waals surface area contributed by atoms with Crippen LogP contribution in [0, 0.1) is 11.8 Å². The molecule has 4 N–H and O–H groups in total. The number of Topliss-reactive ketones (excluding diaryl/α,β-unsaturated/α-hetero) is 1. The Kier molecular flexibility index (Phi) is 15.3. The number of hydrogen-bond acceptors (Lipinski definition) is 10. The minimum atomic E-state index is -1.04. The second kappa shape index (κ2) is 19.1. The van der Waals surface area contributed by atoms with Crippen LogP contribution in [0.1, 0.15) is 50.9 Å². The van der Waals surface area contributed by atoms with Crippen molar-refractivity contribution in [2.24, 2.45) is 17.6 Å². The average Bonchev–Trinajstić information content (AvgIpc) is 3.10. The number of primary amides is 1. The van der Waals surface area contributed by atoms with Crippen LogP contribution >= 0.6 is 15.9 Å². The van der Waals surface area contributed by atoms with Gasteiger partial charge in [0, 0.05) is 42.9 Å². The zero-order valence-electron chi connectivity index (χ0n) is 29.4. The van der Waals surface area contributed by atoms with Gasteiger partial charge in [0.05, 0.1) is 17.5 Å². The molecule has 0 saturated heterocycles. The Morgan fingerprint density at radius 2 is 1.71 bits per heavy atom. The maximum atomic E-state index is 14.0. The van der Waals surface area contributed by atoms with Crippen molar-refractivity contribution in [3.8, 4) is 0 Å². The number of amides is 3. The Labute approximate surface area is 305 Å². The Morgan fingerprint density at radius 1 is 1.02 bits per heavy atom. The summed E-state index contributed by atoms with van der Waals surface area (Å²) in [6, 6.07) is 8.22. The predicted molar refractivity (Wildman–Crippen MR) is 191 cm³/mol. The molecule has 0 aromatic heterocycles. The van der Waals surface area contributed by atoms with Crippen molar-refractivity contribution < 1.29 is 47.7 Å². The fraction of sp³-hybridized carbons (Fsp3) is 0.405. The smallest absolute Gasteiger partial charge is 0.405 e. The lowest BCUT2D eigenvalue weighted by molar-refractivity contribution is -0.156. The molecule has 0 unspecified atom stereocenters. The van der Waals surface area contributed by atoms with Gasteiger partial charge in [0.25, 0.3) is 11.8 Å². The molecule has 2 bridgehead atoms. The first-order chi connectivity index (χ1) is 24.2. The molecule has 1 aromatic rings. The minimum absolute atomic E-state index is 0.00366. The lowest BCUT2D eigenvalue weighted by Gasteiger charge is -2.32. The van der Waals surface area contributed by atoms with E-state index in [-0.39, 0.29) is 52.2 Å². The fourth-order valence-corrected chi connectivity index (χ4v) is 5.98. The minimum Gasteiger partial charge on any atom is -0.458 e. The molecule has 13 nitrogen and oxygen atoms in total. The number of alkyl halides is 1. The van der Waals surface area contributed by atoms with E-state index in [1.807, 2.05) is 6.92 Å². The van der Waals surface area contributed by atoms with Gasteiger partial charge < -0.3 is 35.3 Å². The van der Waals surface area contributed by atoms with Crippen molar-refractivity contribution in [1.29, 1.82) is 0 Å². The van der Waals surface area contributed by atoms with Gasteiger partial charge in [0.2, 0.25) is 11.6 Å². The molecule has 0 radical (unpaired) electrons. The first-order valence-electron chi connectivity index (χ1n) is 16.2. The molecule has 3 amide bonds. The number of fused-ring (bicyclic) bond motifs is 2. The van der Waals surface area contributed by atoms with Gasteiger partial charge in [-0.25, -0.2) is 4.79 Å². The highest BCUT2D eigenvalue weighted by atomic mass is 79.9. The summed E-state index contributed by atoms with van der Waals surface area (Å²) in [6.07, 6.45) is 3.02. The Bertz CT molecular complexity index is 1660. The summed E-state index contributed by atoms with van der Waals surface area (Å²) in [7, 11) is 2.87. The number of carbonyl (C=O) groups excluding carboxylic acids is 6. The SMILES string of the molecule is CO[C@H]1/C=C\C=C(/C)C(=O)NC2=CC(=O)C(NC(=O)c3ccccc3)=C(C[C@@H](C)C[C@H](OC)[C@H](OC(=O)CBr)[C@@H](C)/C=C(\C)[C@@H]1OC(N)=O)C2=O. The molecule has 2 aliphatic rings. The average molecular weight is 771 g/mol. The molecule has 0 saturated carbocycles. The summed E-state index contributed by atoms with van der Waals surface area (Å²) in [4.78, 5) is 78.4. The number of carbonyl (C=O) groups is 6. The number of rotatable bonds is 7. The van der Waals surface area contributed by atoms with Gasteiger partial charge in [0.15, 0.2) is 6.10 Å². The summed E-state index contributed by atoms with van der Waals surface area (Å²) in [5.74, 6) is -4.02. The van der Waals surface area contributed by atoms with E-state index in [4.69, 9.17) is 24.7 Å². The van der Waals surface area contributed by atoms with Crippen LogP contribution in [0.5, 0.6) is 0 Å². The topological polar surface area (TPSA) is 189 Å². The maximum absolute atomic E-state index is 14.0. The standard InChI is InChI=1S/C37H44BrN3O10/c1-20-15-25-31(41-36(46)24-12-8-7-9-13-24)27(42)18-26(32(25)44)40-35(45)21(2)11-10-14-28(48-5)33(51-37(39)47)22(3)17-23(4)34(29(16-20)49-6)50-30(43)19-38/h7-14,17-18,20,23,28-29,33-34H,15-16,19H2,1-6H3,(H2,39,47)(H,40,45)(H,41,46)/b14-10-,21-11+,22-17+/t20-,23+,28+,29+,33+,34-/m1/s1. The largest absolute Gasteiger partial charge is 0.458 e. The summed E-state index contributed by atoms with van der Waals surface area (Å²) in [5.41, 5.74) is 5.94. The molecule has 6 atom stereocenters. The van der Waals surface area contributed by atoms with Crippen LogP contribution in [-0.2, 0) is 38.1 Å². The molecule has 51 heavy (non-hydrogen) atoms. The second-order valence-electron chi connectivity index (χ2n) is 12.3. The van der Waals surface area contributed by atoms with E-state index in [2.05, 4.69) is 26.6 Å². The highest BCUT2D eigenvalue weighted by Crippen LogP contribution is 2.30. The monoisotopic (exact) mass is 769 g/mol. The van der Waals surface area contributed by atoms with Crippen LogP contribution in [0.3, 0.4) is 0 Å². The molecular formula is C37H44BrN3O10. The fourth-order valence-electron chi connectivity index (χ4n) is 5.85. The van der Waals surface area contributed by atoms with Crippen LogP contribution in [0.4, 0.5) is 4.79 Å². The van der Waals surface area contributed by atoms with Crippen molar-refractivity contribution in [3.63, 3.8) is 0 Å². The van der Waals surface area contributed by atoms with Crippen LogP contribution in [0.15, 0.2) is 88.8 Å². The van der Waals surface area contributed by atoms with Crippen LogP contribution in [0.25, 0.3) is 0 Å². The van der Waals surface area contributed by atoms with E-state index in [0.717, 1.165) is 6.08 Å². The third kappa shape index (κ3) is 11.2. The predicted octanol–water partition coefficient (Wildman–Crippen LogP) is 4.14.